The zero-order valence-corrected chi connectivity index (χ0v) is 11.4. The van der Waals surface area contributed by atoms with Gasteiger partial charge in [-0.25, -0.2) is 4.98 Å². The van der Waals surface area contributed by atoms with Gasteiger partial charge < -0.3 is 5.11 Å². The Morgan fingerprint density at radius 2 is 2.00 bits per heavy atom. The summed E-state index contributed by atoms with van der Waals surface area (Å²) in [5.74, 6) is 0.182. The first-order valence-corrected chi connectivity index (χ1v) is 6.97. The largest absolute Gasteiger partial charge is 0.508 e. The molecule has 2 N–H and O–H groups in total. The first-order valence-electron chi connectivity index (χ1n) is 6.09. The van der Waals surface area contributed by atoms with E-state index in [1.54, 1.807) is 24.4 Å². The normalized spacial score (nSPS) is 11.0. The third-order valence-electron chi connectivity index (χ3n) is 3.03. The number of phenols is 1. The molecule has 0 bridgehead atoms. The van der Waals surface area contributed by atoms with Crippen LogP contribution < -0.4 is 0 Å². The number of nitrogens with zero attached hydrogens (tertiary/aromatic N) is 5. The maximum absolute atomic E-state index is 9.74. The maximum atomic E-state index is 9.74. The molecule has 3 heterocycles. The van der Waals surface area contributed by atoms with Gasteiger partial charge in [0, 0.05) is 22.7 Å². The molecule has 1 aromatic carbocycles. The molecule has 0 spiro atoms. The predicted molar refractivity (Wildman–Crippen MR) is 77.7 cm³/mol. The summed E-state index contributed by atoms with van der Waals surface area (Å²) in [5, 5.41) is 30.9. The number of aromatic hydroxyl groups is 1. The summed E-state index contributed by atoms with van der Waals surface area (Å²) >= 11 is 1.50. The van der Waals surface area contributed by atoms with Crippen molar-refractivity contribution in [3.05, 3.63) is 35.8 Å². The second-order valence-corrected chi connectivity index (χ2v) is 5.24. The zero-order chi connectivity index (χ0) is 14.2. The molecule has 0 amide bonds. The van der Waals surface area contributed by atoms with Crippen molar-refractivity contribution in [1.29, 1.82) is 0 Å². The first-order chi connectivity index (χ1) is 10.3. The molecule has 0 atom stereocenters. The number of benzene rings is 1. The van der Waals surface area contributed by atoms with Gasteiger partial charge in [0.2, 0.25) is 5.65 Å². The summed E-state index contributed by atoms with van der Waals surface area (Å²) in [6, 6.07) is 6.91. The van der Waals surface area contributed by atoms with E-state index < -0.39 is 0 Å². The number of aromatic nitrogens is 6. The van der Waals surface area contributed by atoms with Crippen molar-refractivity contribution >= 4 is 22.5 Å². The molecule has 102 valence electrons. The molecule has 0 aliphatic rings. The van der Waals surface area contributed by atoms with Gasteiger partial charge in [0.1, 0.15) is 16.3 Å². The van der Waals surface area contributed by atoms with Crippen LogP contribution in [-0.4, -0.2) is 35.7 Å². The third-order valence-corrected chi connectivity index (χ3v) is 3.84. The van der Waals surface area contributed by atoms with Gasteiger partial charge in [-0.1, -0.05) is 5.21 Å². The molecular formula is C13H8N6OS. The number of rotatable bonds is 2. The Morgan fingerprint density at radius 1 is 1.05 bits per heavy atom. The number of fused-ring (bicyclic) bond motifs is 1. The van der Waals surface area contributed by atoms with Crippen LogP contribution in [0.3, 0.4) is 0 Å². The topological polar surface area (TPSA) is 100 Å². The standard InChI is InChI=1S/C13H8N6OS/c20-7-1-2-8(9(5-7)13-14-3-4-21-13)10-6-11-12(17-15-10)18-19-16-11/h1-6,20H,(H,16,17,18,19). The number of nitrogens with one attached hydrogen (secondary N) is 1. The summed E-state index contributed by atoms with van der Waals surface area (Å²) in [7, 11) is 0. The number of H-pyrrole nitrogens is 1. The number of hydrogen-bond donors (Lipinski definition) is 2. The van der Waals surface area contributed by atoms with Gasteiger partial charge >= 0.3 is 0 Å². The molecule has 0 radical (unpaired) electrons. The van der Waals surface area contributed by atoms with Crippen LogP contribution in [0.4, 0.5) is 0 Å². The van der Waals surface area contributed by atoms with Crippen molar-refractivity contribution in [1.82, 2.24) is 30.6 Å². The molecule has 0 saturated carbocycles. The monoisotopic (exact) mass is 296 g/mol. The van der Waals surface area contributed by atoms with E-state index in [4.69, 9.17) is 0 Å². The minimum atomic E-state index is 0.182. The molecule has 0 unspecified atom stereocenters. The van der Waals surface area contributed by atoms with Crippen LogP contribution in [0, 0.1) is 0 Å². The Hall–Kier alpha value is -2.87. The average molecular weight is 296 g/mol. The minimum Gasteiger partial charge on any atom is -0.508 e. The number of aromatic amines is 1. The van der Waals surface area contributed by atoms with Crippen LogP contribution in [0.15, 0.2) is 35.8 Å². The molecule has 0 aliphatic heterocycles. The molecule has 21 heavy (non-hydrogen) atoms. The Balaban J connectivity index is 1.95. The van der Waals surface area contributed by atoms with E-state index in [-0.39, 0.29) is 5.75 Å². The molecule has 0 aliphatic carbocycles. The van der Waals surface area contributed by atoms with E-state index >= 15 is 0 Å². The van der Waals surface area contributed by atoms with Gasteiger partial charge in [0.25, 0.3) is 0 Å². The lowest BCUT2D eigenvalue weighted by Gasteiger charge is -2.07. The van der Waals surface area contributed by atoms with E-state index in [0.717, 1.165) is 16.1 Å². The fourth-order valence-electron chi connectivity index (χ4n) is 2.09. The van der Waals surface area contributed by atoms with Gasteiger partial charge in [0.05, 0.1) is 5.69 Å². The second kappa shape index (κ2) is 4.60. The predicted octanol–water partition coefficient (Wildman–Crippen LogP) is 2.24. The van der Waals surface area contributed by atoms with E-state index in [0.29, 0.717) is 16.9 Å². The number of phenolic OH excluding ortho intramolecular Hbond substituents is 1. The van der Waals surface area contributed by atoms with Crippen molar-refractivity contribution in [3.8, 4) is 27.6 Å². The Labute approximate surface area is 122 Å². The maximum Gasteiger partial charge on any atom is 0.223 e. The average Bonchev–Trinajstić information content (AvgIpc) is 3.18. The van der Waals surface area contributed by atoms with Crippen LogP contribution in [-0.2, 0) is 0 Å². The Bertz CT molecular complexity index is 917. The van der Waals surface area contributed by atoms with Crippen molar-refractivity contribution in [2.45, 2.75) is 0 Å². The fraction of sp³-hybridized carbons (Fsp3) is 0. The van der Waals surface area contributed by atoms with Crippen molar-refractivity contribution in [3.63, 3.8) is 0 Å². The lowest BCUT2D eigenvalue weighted by atomic mass is 10.0. The van der Waals surface area contributed by atoms with Crippen LogP contribution in [0.1, 0.15) is 0 Å². The van der Waals surface area contributed by atoms with Gasteiger partial charge in [-0.2, -0.15) is 0 Å². The van der Waals surface area contributed by atoms with Crippen LogP contribution in [0.25, 0.3) is 33.0 Å². The zero-order valence-electron chi connectivity index (χ0n) is 10.6. The summed E-state index contributed by atoms with van der Waals surface area (Å²) in [6.45, 7) is 0. The second-order valence-electron chi connectivity index (χ2n) is 4.35. The van der Waals surface area contributed by atoms with E-state index in [1.165, 1.54) is 11.3 Å². The molecule has 4 aromatic rings. The molecule has 4 rings (SSSR count). The molecule has 8 heteroatoms. The molecule has 7 nitrogen and oxygen atoms in total. The highest BCUT2D eigenvalue weighted by molar-refractivity contribution is 7.13. The van der Waals surface area contributed by atoms with Crippen molar-refractivity contribution in [2.24, 2.45) is 0 Å². The minimum absolute atomic E-state index is 0.182. The third kappa shape index (κ3) is 2.01. The van der Waals surface area contributed by atoms with Crippen LogP contribution in [0.5, 0.6) is 5.75 Å². The summed E-state index contributed by atoms with van der Waals surface area (Å²) in [4.78, 5) is 4.29. The van der Waals surface area contributed by atoms with Gasteiger partial charge in [-0.05, 0) is 24.3 Å². The SMILES string of the molecule is Oc1ccc(-c2cc3[nH]nnc3nn2)c(-c2nccs2)c1. The summed E-state index contributed by atoms with van der Waals surface area (Å²) in [5.41, 5.74) is 3.49. The van der Waals surface area contributed by atoms with E-state index in [9.17, 15) is 5.11 Å². The summed E-state index contributed by atoms with van der Waals surface area (Å²) < 4.78 is 0. The van der Waals surface area contributed by atoms with Crippen LogP contribution in [0.2, 0.25) is 0 Å². The lowest BCUT2D eigenvalue weighted by Crippen LogP contribution is -1.91. The highest BCUT2D eigenvalue weighted by Gasteiger charge is 2.13. The molecule has 0 fully saturated rings. The molecular weight excluding hydrogens is 288 g/mol. The highest BCUT2D eigenvalue weighted by Crippen LogP contribution is 2.35. The molecule has 3 aromatic heterocycles. The Morgan fingerprint density at radius 3 is 2.86 bits per heavy atom. The smallest absolute Gasteiger partial charge is 0.223 e. The first kappa shape index (κ1) is 11.9. The van der Waals surface area contributed by atoms with E-state index in [1.807, 2.05) is 11.4 Å². The molecule has 0 saturated heterocycles. The summed E-state index contributed by atoms with van der Waals surface area (Å²) in [6.07, 6.45) is 1.72. The van der Waals surface area contributed by atoms with Gasteiger partial charge in [-0.15, -0.1) is 26.6 Å². The highest BCUT2D eigenvalue weighted by atomic mass is 32.1. The van der Waals surface area contributed by atoms with Crippen molar-refractivity contribution in [2.75, 3.05) is 0 Å². The number of hydrogen-bond acceptors (Lipinski definition) is 7. The van der Waals surface area contributed by atoms with Gasteiger partial charge in [0.15, 0.2) is 0 Å². The fourth-order valence-corrected chi connectivity index (χ4v) is 2.76. The van der Waals surface area contributed by atoms with E-state index in [2.05, 4.69) is 30.6 Å². The van der Waals surface area contributed by atoms with Gasteiger partial charge in [-0.3, -0.25) is 5.10 Å². The quantitative estimate of drug-likeness (QED) is 0.588. The van der Waals surface area contributed by atoms with Crippen molar-refractivity contribution < 1.29 is 5.11 Å². The lowest BCUT2D eigenvalue weighted by molar-refractivity contribution is 0.475. The van der Waals surface area contributed by atoms with Crippen LogP contribution >= 0.6 is 11.3 Å². The number of thiazole rings is 1. The Kier molecular flexibility index (Phi) is 2.61.